The second-order valence-corrected chi connectivity index (χ2v) is 7.03. The Labute approximate surface area is 139 Å². The predicted octanol–water partition coefficient (Wildman–Crippen LogP) is 2.49. The summed E-state index contributed by atoms with van der Waals surface area (Å²) in [4.78, 5) is 14.0. The van der Waals surface area contributed by atoms with Gasteiger partial charge in [0, 0.05) is 13.1 Å². The standard InChI is InChI=1S/C19H28N2O2/c1-14-6-2-5-9-18(14)23-11-10-21-13-16-8-4-3-7-15(16)12-17(21)19(20)22/h3-4,7-8,14,17-18H,2,5-6,9-13H2,1H3,(H2,20,22)/t14?,17-,18?/m1/s1. The molecule has 0 spiro atoms. The first-order valence-electron chi connectivity index (χ1n) is 8.87. The molecule has 1 heterocycles. The molecule has 3 atom stereocenters. The summed E-state index contributed by atoms with van der Waals surface area (Å²) < 4.78 is 6.12. The van der Waals surface area contributed by atoms with Gasteiger partial charge in [-0.2, -0.15) is 0 Å². The van der Waals surface area contributed by atoms with Crippen molar-refractivity contribution in [3.05, 3.63) is 35.4 Å². The van der Waals surface area contributed by atoms with E-state index in [1.807, 2.05) is 6.07 Å². The van der Waals surface area contributed by atoms with Gasteiger partial charge in [0.25, 0.3) is 0 Å². The van der Waals surface area contributed by atoms with Crippen molar-refractivity contribution < 1.29 is 9.53 Å². The summed E-state index contributed by atoms with van der Waals surface area (Å²) in [5.41, 5.74) is 8.18. The first kappa shape index (κ1) is 16.5. The van der Waals surface area contributed by atoms with Gasteiger partial charge in [-0.1, -0.05) is 44.0 Å². The molecule has 1 aromatic carbocycles. The number of hydrogen-bond acceptors (Lipinski definition) is 3. The van der Waals surface area contributed by atoms with E-state index in [0.29, 0.717) is 25.0 Å². The van der Waals surface area contributed by atoms with Crippen LogP contribution in [-0.2, 0) is 22.5 Å². The SMILES string of the molecule is CC1CCCCC1OCCN1Cc2ccccc2C[C@@H]1C(N)=O. The second kappa shape index (κ2) is 7.45. The highest BCUT2D eigenvalue weighted by atomic mass is 16.5. The Bertz CT molecular complexity index is 546. The average Bonchev–Trinajstić information content (AvgIpc) is 2.56. The van der Waals surface area contributed by atoms with Gasteiger partial charge in [0.05, 0.1) is 18.8 Å². The number of nitrogens with zero attached hydrogens (tertiary/aromatic N) is 1. The number of carbonyl (C=O) groups is 1. The van der Waals surface area contributed by atoms with E-state index in [9.17, 15) is 4.79 Å². The lowest BCUT2D eigenvalue weighted by Crippen LogP contribution is -2.49. The summed E-state index contributed by atoms with van der Waals surface area (Å²) in [5, 5.41) is 0. The zero-order valence-electron chi connectivity index (χ0n) is 14.0. The van der Waals surface area contributed by atoms with Crippen molar-refractivity contribution in [2.75, 3.05) is 13.2 Å². The molecule has 1 aromatic rings. The molecule has 0 saturated heterocycles. The van der Waals surface area contributed by atoms with Crippen LogP contribution in [0.15, 0.2) is 24.3 Å². The molecular weight excluding hydrogens is 288 g/mol. The molecular formula is C19H28N2O2. The van der Waals surface area contributed by atoms with Crippen LogP contribution in [0.2, 0.25) is 0 Å². The lowest BCUT2D eigenvalue weighted by atomic mass is 9.88. The minimum Gasteiger partial charge on any atom is -0.377 e. The smallest absolute Gasteiger partial charge is 0.235 e. The molecule has 4 heteroatoms. The third-order valence-corrected chi connectivity index (χ3v) is 5.42. The van der Waals surface area contributed by atoms with Crippen LogP contribution in [0.5, 0.6) is 0 Å². The number of rotatable bonds is 5. The molecule has 2 unspecified atom stereocenters. The van der Waals surface area contributed by atoms with E-state index in [1.165, 1.54) is 36.8 Å². The Morgan fingerprint density at radius 1 is 1.26 bits per heavy atom. The molecule has 3 rings (SSSR count). The summed E-state index contributed by atoms with van der Waals surface area (Å²) >= 11 is 0. The van der Waals surface area contributed by atoms with Crippen LogP contribution in [0.4, 0.5) is 0 Å². The van der Waals surface area contributed by atoms with Gasteiger partial charge in [0.2, 0.25) is 5.91 Å². The second-order valence-electron chi connectivity index (χ2n) is 7.03. The number of nitrogens with two attached hydrogens (primary N) is 1. The largest absolute Gasteiger partial charge is 0.377 e. The van der Waals surface area contributed by atoms with Gasteiger partial charge >= 0.3 is 0 Å². The molecule has 23 heavy (non-hydrogen) atoms. The number of carbonyl (C=O) groups excluding carboxylic acids is 1. The van der Waals surface area contributed by atoms with E-state index in [0.717, 1.165) is 13.1 Å². The monoisotopic (exact) mass is 316 g/mol. The van der Waals surface area contributed by atoms with E-state index in [-0.39, 0.29) is 11.9 Å². The Morgan fingerprint density at radius 3 is 2.74 bits per heavy atom. The number of primary amides is 1. The summed E-state index contributed by atoms with van der Waals surface area (Å²) in [6.45, 7) is 4.52. The molecule has 1 aliphatic carbocycles. The van der Waals surface area contributed by atoms with Crippen molar-refractivity contribution in [3.63, 3.8) is 0 Å². The van der Waals surface area contributed by atoms with Gasteiger partial charge in [0.15, 0.2) is 0 Å². The highest BCUT2D eigenvalue weighted by Crippen LogP contribution is 2.27. The van der Waals surface area contributed by atoms with Gasteiger partial charge in [-0.05, 0) is 36.3 Å². The van der Waals surface area contributed by atoms with Crippen LogP contribution in [0.1, 0.15) is 43.7 Å². The van der Waals surface area contributed by atoms with Gasteiger partial charge in [0.1, 0.15) is 0 Å². The van der Waals surface area contributed by atoms with Gasteiger partial charge in [-0.15, -0.1) is 0 Å². The number of fused-ring (bicyclic) bond motifs is 1. The fraction of sp³-hybridized carbons (Fsp3) is 0.632. The lowest BCUT2D eigenvalue weighted by molar-refractivity contribution is -0.124. The molecule has 1 aliphatic heterocycles. The number of ether oxygens (including phenoxy) is 1. The Balaban J connectivity index is 1.58. The zero-order chi connectivity index (χ0) is 16.2. The fourth-order valence-electron chi connectivity index (χ4n) is 3.94. The molecule has 0 aromatic heterocycles. The first-order chi connectivity index (χ1) is 11.1. The zero-order valence-corrected chi connectivity index (χ0v) is 14.0. The highest BCUT2D eigenvalue weighted by Gasteiger charge is 2.30. The Morgan fingerprint density at radius 2 is 2.00 bits per heavy atom. The van der Waals surface area contributed by atoms with E-state index < -0.39 is 0 Å². The van der Waals surface area contributed by atoms with Gasteiger partial charge < -0.3 is 10.5 Å². The van der Waals surface area contributed by atoms with Crippen molar-refractivity contribution in [2.24, 2.45) is 11.7 Å². The van der Waals surface area contributed by atoms with Crippen LogP contribution in [0.3, 0.4) is 0 Å². The van der Waals surface area contributed by atoms with Crippen molar-refractivity contribution in [1.82, 2.24) is 4.90 Å². The molecule has 126 valence electrons. The van der Waals surface area contributed by atoms with Crippen LogP contribution >= 0.6 is 0 Å². The molecule has 2 aliphatic rings. The van der Waals surface area contributed by atoms with E-state index in [1.54, 1.807) is 0 Å². The number of benzene rings is 1. The van der Waals surface area contributed by atoms with E-state index in [4.69, 9.17) is 10.5 Å². The van der Waals surface area contributed by atoms with Gasteiger partial charge in [-0.25, -0.2) is 0 Å². The topological polar surface area (TPSA) is 55.6 Å². The molecule has 1 amide bonds. The molecule has 2 N–H and O–H groups in total. The van der Waals surface area contributed by atoms with E-state index in [2.05, 4.69) is 30.0 Å². The van der Waals surface area contributed by atoms with Crippen molar-refractivity contribution in [2.45, 2.75) is 57.7 Å². The normalized spacial score (nSPS) is 28.3. The summed E-state index contributed by atoms with van der Waals surface area (Å²) in [6.07, 6.45) is 6.14. The molecule has 1 fully saturated rings. The Hall–Kier alpha value is -1.39. The number of hydrogen-bond donors (Lipinski definition) is 1. The Kier molecular flexibility index (Phi) is 5.34. The first-order valence-corrected chi connectivity index (χ1v) is 8.87. The van der Waals surface area contributed by atoms with Crippen LogP contribution < -0.4 is 5.73 Å². The van der Waals surface area contributed by atoms with Crippen LogP contribution in [0, 0.1) is 5.92 Å². The molecule has 0 radical (unpaired) electrons. The summed E-state index contributed by atoms with van der Waals surface area (Å²) in [7, 11) is 0. The van der Waals surface area contributed by atoms with Crippen LogP contribution in [-0.4, -0.2) is 36.1 Å². The summed E-state index contributed by atoms with van der Waals surface area (Å²) in [6, 6.07) is 8.12. The average molecular weight is 316 g/mol. The van der Waals surface area contributed by atoms with Gasteiger partial charge in [-0.3, -0.25) is 9.69 Å². The third-order valence-electron chi connectivity index (χ3n) is 5.42. The van der Waals surface area contributed by atoms with E-state index >= 15 is 0 Å². The summed E-state index contributed by atoms with van der Waals surface area (Å²) in [5.74, 6) is 0.420. The quantitative estimate of drug-likeness (QED) is 0.908. The molecule has 1 saturated carbocycles. The maximum atomic E-state index is 11.8. The third kappa shape index (κ3) is 3.93. The van der Waals surface area contributed by atoms with Crippen molar-refractivity contribution >= 4 is 5.91 Å². The lowest BCUT2D eigenvalue weighted by Gasteiger charge is -2.36. The fourth-order valence-corrected chi connectivity index (χ4v) is 3.94. The van der Waals surface area contributed by atoms with Crippen molar-refractivity contribution in [3.8, 4) is 0 Å². The maximum absolute atomic E-state index is 11.8. The van der Waals surface area contributed by atoms with Crippen LogP contribution in [0.25, 0.3) is 0 Å². The van der Waals surface area contributed by atoms with Crippen molar-refractivity contribution in [1.29, 1.82) is 0 Å². The molecule has 4 nitrogen and oxygen atoms in total. The minimum atomic E-state index is -0.231. The maximum Gasteiger partial charge on any atom is 0.235 e. The number of amides is 1. The molecule has 0 bridgehead atoms. The highest BCUT2D eigenvalue weighted by molar-refractivity contribution is 5.80. The minimum absolute atomic E-state index is 0.211. The predicted molar refractivity (Wildman–Crippen MR) is 90.9 cm³/mol.